The van der Waals surface area contributed by atoms with Crippen molar-refractivity contribution in [3.05, 3.63) is 65.8 Å². The Hall–Kier alpha value is -1.56. The molecule has 18 heavy (non-hydrogen) atoms. The molecule has 94 valence electrons. The van der Waals surface area contributed by atoms with E-state index in [4.69, 9.17) is 0 Å². The van der Waals surface area contributed by atoms with E-state index in [0.29, 0.717) is 5.92 Å². The maximum absolute atomic E-state index is 4.14. The first-order valence-electron chi connectivity index (χ1n) is 6.85. The normalized spacial score (nSPS) is 18.4. The fourth-order valence-electron chi connectivity index (χ4n) is 2.48. The molecule has 1 unspecified atom stereocenters. The summed E-state index contributed by atoms with van der Waals surface area (Å²) in [6.07, 6.45) is 8.47. The zero-order valence-electron chi connectivity index (χ0n) is 11.4. The van der Waals surface area contributed by atoms with Crippen LogP contribution in [0.2, 0.25) is 0 Å². The summed E-state index contributed by atoms with van der Waals surface area (Å²) >= 11 is 0. The van der Waals surface area contributed by atoms with Crippen LogP contribution in [0.25, 0.3) is 5.57 Å². The Balaban J connectivity index is 2.26. The minimum atomic E-state index is 0.402. The fraction of sp³-hybridized carbons (Fsp3) is 0.333. The summed E-state index contributed by atoms with van der Waals surface area (Å²) in [6, 6.07) is 10.7. The van der Waals surface area contributed by atoms with Gasteiger partial charge in [-0.15, -0.1) is 0 Å². The fourth-order valence-corrected chi connectivity index (χ4v) is 2.48. The molecule has 0 N–H and O–H groups in total. The van der Waals surface area contributed by atoms with Gasteiger partial charge >= 0.3 is 0 Å². The molecule has 1 aromatic carbocycles. The third kappa shape index (κ3) is 2.81. The molecule has 0 heteroatoms. The summed E-state index contributed by atoms with van der Waals surface area (Å²) in [5.41, 5.74) is 5.45. The van der Waals surface area contributed by atoms with Crippen molar-refractivity contribution in [1.82, 2.24) is 0 Å². The van der Waals surface area contributed by atoms with Crippen LogP contribution in [-0.4, -0.2) is 0 Å². The standard InChI is InChI=1S/C18H22/c1-4-5-9-15-12-17(14(2)3)18(13-15)16-10-7-6-8-11-16/h6-8,10-13,17H,2,4-5,9H2,1,3H3. The monoisotopic (exact) mass is 238 g/mol. The van der Waals surface area contributed by atoms with Gasteiger partial charge in [-0.1, -0.05) is 73.6 Å². The van der Waals surface area contributed by atoms with E-state index in [1.807, 2.05) is 0 Å². The molecule has 1 aliphatic carbocycles. The Kier molecular flexibility index (Phi) is 4.19. The number of rotatable bonds is 5. The van der Waals surface area contributed by atoms with Crippen molar-refractivity contribution in [2.75, 3.05) is 0 Å². The molecule has 2 rings (SSSR count). The minimum Gasteiger partial charge on any atom is -0.0992 e. The van der Waals surface area contributed by atoms with Crippen molar-refractivity contribution in [3.63, 3.8) is 0 Å². The summed E-state index contributed by atoms with van der Waals surface area (Å²) in [7, 11) is 0. The predicted octanol–water partition coefficient (Wildman–Crippen LogP) is 5.39. The van der Waals surface area contributed by atoms with Crippen LogP contribution in [0.1, 0.15) is 38.7 Å². The third-order valence-electron chi connectivity index (χ3n) is 3.51. The SMILES string of the molecule is C=C(C)C1C=C(CCCC)C=C1c1ccccc1. The maximum Gasteiger partial charge on any atom is 0.0234 e. The van der Waals surface area contributed by atoms with Crippen molar-refractivity contribution in [3.8, 4) is 0 Å². The van der Waals surface area contributed by atoms with Crippen molar-refractivity contribution < 1.29 is 0 Å². The molecule has 1 atom stereocenters. The zero-order valence-corrected chi connectivity index (χ0v) is 11.4. The molecule has 0 bridgehead atoms. The Morgan fingerprint density at radius 2 is 1.94 bits per heavy atom. The van der Waals surface area contributed by atoms with Gasteiger partial charge in [0.15, 0.2) is 0 Å². The first kappa shape index (κ1) is 12.9. The summed E-state index contributed by atoms with van der Waals surface area (Å²) in [4.78, 5) is 0. The van der Waals surface area contributed by atoms with E-state index in [0.717, 1.165) is 0 Å². The molecule has 1 aliphatic rings. The molecule has 0 heterocycles. The van der Waals surface area contributed by atoms with E-state index in [1.165, 1.54) is 41.5 Å². The van der Waals surface area contributed by atoms with Crippen LogP contribution >= 0.6 is 0 Å². The number of hydrogen-bond acceptors (Lipinski definition) is 0. The lowest BCUT2D eigenvalue weighted by Crippen LogP contribution is -1.98. The van der Waals surface area contributed by atoms with Crippen LogP contribution in [0.3, 0.4) is 0 Å². The van der Waals surface area contributed by atoms with Gasteiger partial charge in [0.1, 0.15) is 0 Å². The van der Waals surface area contributed by atoms with Crippen LogP contribution in [-0.2, 0) is 0 Å². The smallest absolute Gasteiger partial charge is 0.0234 e. The van der Waals surface area contributed by atoms with Crippen molar-refractivity contribution in [2.45, 2.75) is 33.1 Å². The number of allylic oxidation sites excluding steroid dienone is 5. The third-order valence-corrected chi connectivity index (χ3v) is 3.51. The highest BCUT2D eigenvalue weighted by molar-refractivity contribution is 5.77. The lowest BCUT2D eigenvalue weighted by Gasteiger charge is -2.13. The zero-order chi connectivity index (χ0) is 13.0. The number of hydrogen-bond donors (Lipinski definition) is 0. The highest BCUT2D eigenvalue weighted by atomic mass is 14.2. The highest BCUT2D eigenvalue weighted by Crippen LogP contribution is 2.37. The molecule has 0 spiro atoms. The highest BCUT2D eigenvalue weighted by Gasteiger charge is 2.20. The molecular weight excluding hydrogens is 216 g/mol. The van der Waals surface area contributed by atoms with Crippen LogP contribution in [0.5, 0.6) is 0 Å². The van der Waals surface area contributed by atoms with Gasteiger partial charge in [0.25, 0.3) is 0 Å². The van der Waals surface area contributed by atoms with Gasteiger partial charge in [-0.25, -0.2) is 0 Å². The topological polar surface area (TPSA) is 0 Å². The van der Waals surface area contributed by atoms with Crippen LogP contribution in [0.15, 0.2) is 60.2 Å². The molecular formula is C18H22. The van der Waals surface area contributed by atoms with Gasteiger partial charge in [0, 0.05) is 5.92 Å². The summed E-state index contributed by atoms with van der Waals surface area (Å²) < 4.78 is 0. The molecule has 0 amide bonds. The molecule has 0 nitrogen and oxygen atoms in total. The van der Waals surface area contributed by atoms with E-state index in [9.17, 15) is 0 Å². The largest absolute Gasteiger partial charge is 0.0992 e. The average molecular weight is 238 g/mol. The van der Waals surface area contributed by atoms with E-state index in [-0.39, 0.29) is 0 Å². The van der Waals surface area contributed by atoms with E-state index in [1.54, 1.807) is 0 Å². The van der Waals surface area contributed by atoms with E-state index in [2.05, 4.69) is 62.9 Å². The van der Waals surface area contributed by atoms with Crippen molar-refractivity contribution in [1.29, 1.82) is 0 Å². The van der Waals surface area contributed by atoms with Crippen LogP contribution in [0.4, 0.5) is 0 Å². The predicted molar refractivity (Wildman–Crippen MR) is 80.3 cm³/mol. The molecule has 0 aliphatic heterocycles. The lowest BCUT2D eigenvalue weighted by molar-refractivity contribution is 0.796. The summed E-state index contributed by atoms with van der Waals surface area (Å²) in [6.45, 7) is 8.51. The van der Waals surface area contributed by atoms with Crippen molar-refractivity contribution >= 4 is 5.57 Å². The van der Waals surface area contributed by atoms with Gasteiger partial charge in [-0.05, 0) is 30.9 Å². The Morgan fingerprint density at radius 1 is 1.22 bits per heavy atom. The number of benzene rings is 1. The summed E-state index contributed by atoms with van der Waals surface area (Å²) in [5.74, 6) is 0.402. The Morgan fingerprint density at radius 3 is 2.56 bits per heavy atom. The van der Waals surface area contributed by atoms with Crippen LogP contribution < -0.4 is 0 Å². The van der Waals surface area contributed by atoms with Gasteiger partial charge in [-0.2, -0.15) is 0 Å². The van der Waals surface area contributed by atoms with Gasteiger partial charge in [0.05, 0.1) is 0 Å². The Labute approximate surface area is 111 Å². The first-order valence-corrected chi connectivity index (χ1v) is 6.85. The van der Waals surface area contributed by atoms with Gasteiger partial charge in [-0.3, -0.25) is 0 Å². The molecule has 0 aromatic heterocycles. The van der Waals surface area contributed by atoms with Gasteiger partial charge in [0.2, 0.25) is 0 Å². The second-order valence-electron chi connectivity index (χ2n) is 5.13. The van der Waals surface area contributed by atoms with E-state index < -0.39 is 0 Å². The molecule has 0 fully saturated rings. The first-order chi connectivity index (χ1) is 8.72. The Bertz CT molecular complexity index is 474. The van der Waals surface area contributed by atoms with Crippen molar-refractivity contribution in [2.24, 2.45) is 5.92 Å². The summed E-state index contributed by atoms with van der Waals surface area (Å²) in [5, 5.41) is 0. The minimum absolute atomic E-state index is 0.402. The molecule has 1 aromatic rings. The van der Waals surface area contributed by atoms with Crippen LogP contribution in [0, 0.1) is 5.92 Å². The average Bonchev–Trinajstić information content (AvgIpc) is 2.82. The number of unbranched alkanes of at least 4 members (excludes halogenated alkanes) is 1. The maximum atomic E-state index is 4.14. The quantitative estimate of drug-likeness (QED) is 0.603. The molecule has 0 radical (unpaired) electrons. The molecule has 0 saturated heterocycles. The van der Waals surface area contributed by atoms with E-state index >= 15 is 0 Å². The second-order valence-corrected chi connectivity index (χ2v) is 5.13. The molecule has 0 saturated carbocycles. The van der Waals surface area contributed by atoms with Gasteiger partial charge < -0.3 is 0 Å². The lowest BCUT2D eigenvalue weighted by atomic mass is 9.91. The second kappa shape index (κ2) is 5.86.